The SMILES string of the molecule is Fc1cccc2c1SCCC2NC1CCN(C2CC2)CC1. The minimum absolute atomic E-state index is 0.0486. The number of fused-ring (bicyclic) bond motifs is 1. The second kappa shape index (κ2) is 5.90. The molecule has 4 heteroatoms. The molecule has 0 spiro atoms. The standard InChI is InChI=1S/C17H23FN2S/c18-15-3-1-2-14-16(8-11-21-17(14)15)19-12-6-9-20(10-7-12)13-4-5-13/h1-3,12-13,16,19H,4-11H2. The first-order valence-corrected chi connectivity index (χ1v) is 9.21. The molecule has 2 nitrogen and oxygen atoms in total. The Balaban J connectivity index is 1.41. The number of nitrogens with zero attached hydrogens (tertiary/aromatic N) is 1. The zero-order chi connectivity index (χ0) is 14.2. The molecule has 1 N–H and O–H groups in total. The van der Waals surface area contributed by atoms with Crippen molar-refractivity contribution in [3.63, 3.8) is 0 Å². The van der Waals surface area contributed by atoms with Crippen LogP contribution in [0.15, 0.2) is 23.1 Å². The van der Waals surface area contributed by atoms with Crippen LogP contribution < -0.4 is 5.32 Å². The van der Waals surface area contributed by atoms with Crippen molar-refractivity contribution in [2.24, 2.45) is 0 Å². The second-order valence-corrected chi connectivity index (χ2v) is 7.66. The summed E-state index contributed by atoms with van der Waals surface area (Å²) in [6.07, 6.45) is 6.41. The van der Waals surface area contributed by atoms with E-state index in [1.165, 1.54) is 44.3 Å². The van der Waals surface area contributed by atoms with Gasteiger partial charge < -0.3 is 10.2 Å². The Kier molecular flexibility index (Phi) is 3.94. The van der Waals surface area contributed by atoms with Gasteiger partial charge in [-0.15, -0.1) is 11.8 Å². The summed E-state index contributed by atoms with van der Waals surface area (Å²) in [6.45, 7) is 2.47. The molecule has 0 aromatic heterocycles. The summed E-state index contributed by atoms with van der Waals surface area (Å²) in [4.78, 5) is 3.53. The summed E-state index contributed by atoms with van der Waals surface area (Å²) < 4.78 is 13.9. The molecule has 21 heavy (non-hydrogen) atoms. The first-order chi connectivity index (χ1) is 10.3. The maximum absolute atomic E-state index is 13.9. The van der Waals surface area contributed by atoms with Gasteiger partial charge in [0.2, 0.25) is 0 Å². The average Bonchev–Trinajstić information content (AvgIpc) is 3.34. The summed E-state index contributed by atoms with van der Waals surface area (Å²) >= 11 is 1.67. The van der Waals surface area contributed by atoms with Crippen LogP contribution in [0.4, 0.5) is 4.39 Å². The van der Waals surface area contributed by atoms with E-state index in [0.717, 1.165) is 23.1 Å². The topological polar surface area (TPSA) is 15.3 Å². The number of rotatable bonds is 3. The van der Waals surface area contributed by atoms with Gasteiger partial charge in [-0.05, 0) is 62.6 Å². The molecule has 1 aromatic rings. The minimum atomic E-state index is -0.0486. The molecule has 1 aliphatic carbocycles. The zero-order valence-corrected chi connectivity index (χ0v) is 13.2. The first kappa shape index (κ1) is 14.0. The molecule has 0 bridgehead atoms. The molecule has 3 aliphatic rings. The smallest absolute Gasteiger partial charge is 0.137 e. The van der Waals surface area contributed by atoms with Crippen LogP contribution in [0.5, 0.6) is 0 Å². The van der Waals surface area contributed by atoms with Crippen LogP contribution in [0.3, 0.4) is 0 Å². The minimum Gasteiger partial charge on any atom is -0.307 e. The van der Waals surface area contributed by atoms with Crippen LogP contribution in [0.2, 0.25) is 0 Å². The van der Waals surface area contributed by atoms with Crippen molar-refractivity contribution in [1.82, 2.24) is 10.2 Å². The lowest BCUT2D eigenvalue weighted by Crippen LogP contribution is -2.44. The molecule has 1 saturated heterocycles. The normalized spacial score (nSPS) is 27.6. The third kappa shape index (κ3) is 2.99. The number of benzene rings is 1. The number of piperidine rings is 1. The zero-order valence-electron chi connectivity index (χ0n) is 12.4. The molecule has 0 amide bonds. The summed E-state index contributed by atoms with van der Waals surface area (Å²) in [7, 11) is 0. The van der Waals surface area contributed by atoms with Gasteiger partial charge in [-0.3, -0.25) is 0 Å². The van der Waals surface area contributed by atoms with Crippen LogP contribution >= 0.6 is 11.8 Å². The van der Waals surface area contributed by atoms with Crippen molar-refractivity contribution >= 4 is 11.8 Å². The van der Waals surface area contributed by atoms with Crippen LogP contribution in [-0.2, 0) is 0 Å². The highest BCUT2D eigenvalue weighted by atomic mass is 32.2. The Labute approximate surface area is 130 Å². The fraction of sp³-hybridized carbons (Fsp3) is 0.647. The lowest BCUT2D eigenvalue weighted by atomic mass is 9.98. The number of hydrogen-bond acceptors (Lipinski definition) is 3. The van der Waals surface area contributed by atoms with E-state index in [4.69, 9.17) is 0 Å². The molecule has 1 aromatic carbocycles. The molecule has 2 heterocycles. The molecule has 2 fully saturated rings. The Morgan fingerprint density at radius 1 is 1.10 bits per heavy atom. The number of hydrogen-bond donors (Lipinski definition) is 1. The van der Waals surface area contributed by atoms with Crippen LogP contribution in [0.25, 0.3) is 0 Å². The third-order valence-electron chi connectivity index (χ3n) is 5.06. The van der Waals surface area contributed by atoms with Gasteiger partial charge in [0, 0.05) is 23.0 Å². The molecular weight excluding hydrogens is 283 g/mol. The van der Waals surface area contributed by atoms with E-state index in [9.17, 15) is 4.39 Å². The van der Waals surface area contributed by atoms with Crippen LogP contribution in [0, 0.1) is 5.82 Å². The van der Waals surface area contributed by atoms with Crippen LogP contribution in [-0.4, -0.2) is 35.8 Å². The van der Waals surface area contributed by atoms with Crippen molar-refractivity contribution in [3.8, 4) is 0 Å². The van der Waals surface area contributed by atoms with E-state index < -0.39 is 0 Å². The number of thioether (sulfide) groups is 1. The molecule has 114 valence electrons. The van der Waals surface area contributed by atoms with E-state index in [1.54, 1.807) is 17.8 Å². The molecule has 0 radical (unpaired) electrons. The lowest BCUT2D eigenvalue weighted by Gasteiger charge is -2.36. The third-order valence-corrected chi connectivity index (χ3v) is 6.21. The van der Waals surface area contributed by atoms with E-state index in [2.05, 4.69) is 16.3 Å². The Morgan fingerprint density at radius 3 is 2.67 bits per heavy atom. The maximum atomic E-state index is 13.9. The van der Waals surface area contributed by atoms with Gasteiger partial charge in [0.15, 0.2) is 0 Å². The summed E-state index contributed by atoms with van der Waals surface area (Å²) in [5, 5.41) is 3.81. The van der Waals surface area contributed by atoms with Gasteiger partial charge in [-0.1, -0.05) is 12.1 Å². The number of halogens is 1. The van der Waals surface area contributed by atoms with E-state index in [0.29, 0.717) is 12.1 Å². The fourth-order valence-electron chi connectivity index (χ4n) is 3.72. The van der Waals surface area contributed by atoms with Crippen molar-refractivity contribution in [1.29, 1.82) is 0 Å². The molecule has 1 saturated carbocycles. The highest BCUT2D eigenvalue weighted by Gasteiger charge is 2.33. The van der Waals surface area contributed by atoms with Gasteiger partial charge >= 0.3 is 0 Å². The largest absolute Gasteiger partial charge is 0.307 e. The monoisotopic (exact) mass is 306 g/mol. The predicted molar refractivity (Wildman–Crippen MR) is 85.2 cm³/mol. The Morgan fingerprint density at radius 2 is 1.90 bits per heavy atom. The highest BCUT2D eigenvalue weighted by Crippen LogP contribution is 2.38. The summed E-state index contributed by atoms with van der Waals surface area (Å²) in [6, 6.07) is 7.37. The van der Waals surface area contributed by atoms with E-state index >= 15 is 0 Å². The van der Waals surface area contributed by atoms with Crippen molar-refractivity contribution in [2.75, 3.05) is 18.8 Å². The lowest BCUT2D eigenvalue weighted by molar-refractivity contribution is 0.182. The first-order valence-electron chi connectivity index (χ1n) is 8.22. The Hall–Kier alpha value is -0.580. The van der Waals surface area contributed by atoms with Gasteiger partial charge in [-0.2, -0.15) is 0 Å². The average molecular weight is 306 g/mol. The van der Waals surface area contributed by atoms with Gasteiger partial charge in [0.1, 0.15) is 5.82 Å². The maximum Gasteiger partial charge on any atom is 0.137 e. The fourth-order valence-corrected chi connectivity index (χ4v) is 4.86. The highest BCUT2D eigenvalue weighted by molar-refractivity contribution is 7.99. The predicted octanol–water partition coefficient (Wildman–Crippen LogP) is 3.58. The molecule has 4 rings (SSSR count). The van der Waals surface area contributed by atoms with Gasteiger partial charge in [0.25, 0.3) is 0 Å². The van der Waals surface area contributed by atoms with E-state index in [-0.39, 0.29) is 5.82 Å². The molecule has 2 aliphatic heterocycles. The molecular formula is C17H23FN2S. The summed E-state index contributed by atoms with van der Waals surface area (Å²) in [5.41, 5.74) is 1.18. The van der Waals surface area contributed by atoms with Crippen LogP contribution in [0.1, 0.15) is 43.7 Å². The van der Waals surface area contributed by atoms with Gasteiger partial charge in [-0.25, -0.2) is 4.39 Å². The van der Waals surface area contributed by atoms with Crippen molar-refractivity contribution < 1.29 is 4.39 Å². The van der Waals surface area contributed by atoms with Gasteiger partial charge in [0.05, 0.1) is 0 Å². The van der Waals surface area contributed by atoms with E-state index in [1.807, 2.05) is 6.07 Å². The van der Waals surface area contributed by atoms with Crippen molar-refractivity contribution in [2.45, 2.75) is 55.1 Å². The van der Waals surface area contributed by atoms with Crippen molar-refractivity contribution in [3.05, 3.63) is 29.6 Å². The number of nitrogens with one attached hydrogen (secondary N) is 1. The second-order valence-electron chi connectivity index (χ2n) is 6.56. The number of likely N-dealkylation sites (tertiary alicyclic amines) is 1. The molecule has 1 unspecified atom stereocenters. The Bertz CT molecular complexity index is 510. The molecule has 1 atom stereocenters. The summed E-state index contributed by atoms with van der Waals surface area (Å²) in [5.74, 6) is 0.972. The quantitative estimate of drug-likeness (QED) is 0.919.